The van der Waals surface area contributed by atoms with Crippen molar-refractivity contribution in [3.05, 3.63) is 42.7 Å². The van der Waals surface area contributed by atoms with E-state index >= 15 is 0 Å². The number of benzene rings is 1. The molecule has 0 fully saturated rings. The Morgan fingerprint density at radius 3 is 2.72 bits per heavy atom. The summed E-state index contributed by atoms with van der Waals surface area (Å²) < 4.78 is 1.77. The lowest BCUT2D eigenvalue weighted by molar-refractivity contribution is -0.116. The lowest BCUT2D eigenvalue weighted by Gasteiger charge is -2.06. The van der Waals surface area contributed by atoms with Crippen LogP contribution in [0.2, 0.25) is 0 Å². The molecule has 0 spiro atoms. The van der Waals surface area contributed by atoms with Gasteiger partial charge in [0.25, 0.3) is 0 Å². The van der Waals surface area contributed by atoms with Crippen molar-refractivity contribution in [2.24, 2.45) is 0 Å². The van der Waals surface area contributed by atoms with Crippen molar-refractivity contribution < 1.29 is 4.79 Å². The van der Waals surface area contributed by atoms with Gasteiger partial charge in [0, 0.05) is 31.0 Å². The van der Waals surface area contributed by atoms with E-state index in [-0.39, 0.29) is 5.91 Å². The number of hydrogen-bond acceptors (Lipinski definition) is 3. The van der Waals surface area contributed by atoms with Crippen LogP contribution in [0.4, 0.5) is 5.69 Å². The maximum atomic E-state index is 11.5. The van der Waals surface area contributed by atoms with Crippen LogP contribution in [0.1, 0.15) is 6.42 Å². The molecule has 94 valence electrons. The zero-order chi connectivity index (χ0) is 12.8. The third kappa shape index (κ3) is 3.18. The van der Waals surface area contributed by atoms with Gasteiger partial charge in [0.1, 0.15) is 0 Å². The first-order chi connectivity index (χ1) is 8.79. The molecule has 0 radical (unpaired) electrons. The minimum Gasteiger partial charge on any atom is -0.326 e. The summed E-state index contributed by atoms with van der Waals surface area (Å²) in [5, 5.41) is 9.92. The number of nitrogens with zero attached hydrogens (tertiary/aromatic N) is 2. The monoisotopic (exact) mass is 244 g/mol. The lowest BCUT2D eigenvalue weighted by atomic mass is 10.2. The lowest BCUT2D eigenvalue weighted by Crippen LogP contribution is -2.18. The molecule has 2 N–H and O–H groups in total. The number of rotatable bonds is 5. The van der Waals surface area contributed by atoms with Gasteiger partial charge in [-0.3, -0.25) is 4.79 Å². The molecule has 1 amide bonds. The topological polar surface area (TPSA) is 59.0 Å². The molecular formula is C13H16N4O. The van der Waals surface area contributed by atoms with Crippen molar-refractivity contribution in [2.75, 3.05) is 18.9 Å². The van der Waals surface area contributed by atoms with Crippen molar-refractivity contribution in [2.45, 2.75) is 6.42 Å². The molecule has 0 unspecified atom stereocenters. The van der Waals surface area contributed by atoms with E-state index in [4.69, 9.17) is 0 Å². The summed E-state index contributed by atoms with van der Waals surface area (Å²) in [6.07, 6.45) is 4.07. The normalized spacial score (nSPS) is 10.3. The smallest absolute Gasteiger partial charge is 0.225 e. The first kappa shape index (κ1) is 12.3. The predicted octanol–water partition coefficient (Wildman–Crippen LogP) is 1.42. The highest BCUT2D eigenvalue weighted by Gasteiger charge is 2.02. The standard InChI is InChI=1S/C13H16N4O/c1-14-9-7-13(18)16-11-3-5-12(6-4-11)17-10-2-8-15-17/h2-6,8,10,14H,7,9H2,1H3,(H,16,18). The van der Waals surface area contributed by atoms with E-state index in [2.05, 4.69) is 15.7 Å². The van der Waals surface area contributed by atoms with Gasteiger partial charge in [-0.1, -0.05) is 0 Å². The van der Waals surface area contributed by atoms with E-state index < -0.39 is 0 Å². The summed E-state index contributed by atoms with van der Waals surface area (Å²) in [7, 11) is 1.83. The fourth-order valence-electron chi connectivity index (χ4n) is 1.58. The molecule has 1 aromatic carbocycles. The van der Waals surface area contributed by atoms with E-state index in [1.54, 1.807) is 10.9 Å². The minimum atomic E-state index is 0.0104. The quantitative estimate of drug-likeness (QED) is 0.836. The third-order valence-corrected chi connectivity index (χ3v) is 2.52. The molecular weight excluding hydrogens is 228 g/mol. The summed E-state index contributed by atoms with van der Waals surface area (Å²) in [6, 6.07) is 9.44. The summed E-state index contributed by atoms with van der Waals surface area (Å²) >= 11 is 0. The highest BCUT2D eigenvalue weighted by Crippen LogP contribution is 2.12. The van der Waals surface area contributed by atoms with Gasteiger partial charge < -0.3 is 10.6 Å². The van der Waals surface area contributed by atoms with Crippen LogP contribution in [-0.4, -0.2) is 29.3 Å². The first-order valence-electron chi connectivity index (χ1n) is 5.84. The molecule has 18 heavy (non-hydrogen) atoms. The molecule has 5 heteroatoms. The number of amides is 1. The van der Waals surface area contributed by atoms with Crippen molar-refractivity contribution in [1.82, 2.24) is 15.1 Å². The molecule has 0 saturated carbocycles. The number of carbonyl (C=O) groups excluding carboxylic acids is 1. The van der Waals surface area contributed by atoms with E-state index in [0.717, 1.165) is 11.4 Å². The van der Waals surface area contributed by atoms with E-state index in [9.17, 15) is 4.79 Å². The summed E-state index contributed by atoms with van der Waals surface area (Å²) in [4.78, 5) is 11.5. The molecule has 2 rings (SSSR count). The van der Waals surface area contributed by atoms with Gasteiger partial charge in [-0.25, -0.2) is 4.68 Å². The van der Waals surface area contributed by atoms with E-state index in [0.29, 0.717) is 13.0 Å². The molecule has 0 aliphatic rings. The van der Waals surface area contributed by atoms with Gasteiger partial charge in [0.05, 0.1) is 5.69 Å². The highest BCUT2D eigenvalue weighted by atomic mass is 16.1. The fraction of sp³-hybridized carbons (Fsp3) is 0.231. The number of aromatic nitrogens is 2. The molecule has 1 heterocycles. The maximum absolute atomic E-state index is 11.5. The largest absolute Gasteiger partial charge is 0.326 e. The molecule has 5 nitrogen and oxygen atoms in total. The zero-order valence-electron chi connectivity index (χ0n) is 10.3. The van der Waals surface area contributed by atoms with Crippen LogP contribution in [-0.2, 0) is 4.79 Å². The van der Waals surface area contributed by atoms with Crippen LogP contribution in [0, 0.1) is 0 Å². The van der Waals surface area contributed by atoms with Crippen LogP contribution >= 0.6 is 0 Å². The Balaban J connectivity index is 1.98. The number of carbonyl (C=O) groups is 1. The Labute approximate surface area is 106 Å². The summed E-state index contributed by atoms with van der Waals surface area (Å²) in [5.41, 5.74) is 1.76. The second-order valence-electron chi connectivity index (χ2n) is 3.90. The summed E-state index contributed by atoms with van der Waals surface area (Å²) in [5.74, 6) is 0.0104. The highest BCUT2D eigenvalue weighted by molar-refractivity contribution is 5.90. The van der Waals surface area contributed by atoms with Gasteiger partial charge >= 0.3 is 0 Å². The van der Waals surface area contributed by atoms with Crippen molar-refractivity contribution in [1.29, 1.82) is 0 Å². The Hall–Kier alpha value is -2.14. The second-order valence-corrected chi connectivity index (χ2v) is 3.90. The Morgan fingerprint density at radius 2 is 2.11 bits per heavy atom. The van der Waals surface area contributed by atoms with Crippen LogP contribution in [0.3, 0.4) is 0 Å². The molecule has 0 atom stereocenters. The number of nitrogens with one attached hydrogen (secondary N) is 2. The predicted molar refractivity (Wildman–Crippen MR) is 70.7 cm³/mol. The maximum Gasteiger partial charge on any atom is 0.225 e. The Bertz CT molecular complexity index is 490. The van der Waals surface area contributed by atoms with Crippen LogP contribution in [0.15, 0.2) is 42.7 Å². The third-order valence-electron chi connectivity index (χ3n) is 2.52. The average molecular weight is 244 g/mol. The minimum absolute atomic E-state index is 0.0104. The van der Waals surface area contributed by atoms with Gasteiger partial charge in [-0.15, -0.1) is 0 Å². The summed E-state index contributed by atoms with van der Waals surface area (Å²) in [6.45, 7) is 0.678. The van der Waals surface area contributed by atoms with Gasteiger partial charge in [-0.2, -0.15) is 5.10 Å². The molecule has 0 aliphatic heterocycles. The van der Waals surface area contributed by atoms with Crippen molar-refractivity contribution >= 4 is 11.6 Å². The number of hydrogen-bond donors (Lipinski definition) is 2. The van der Waals surface area contributed by atoms with Crippen molar-refractivity contribution in [3.8, 4) is 5.69 Å². The van der Waals surface area contributed by atoms with E-state index in [1.807, 2.05) is 43.6 Å². The molecule has 0 aliphatic carbocycles. The van der Waals surface area contributed by atoms with Crippen LogP contribution in [0.25, 0.3) is 5.69 Å². The second kappa shape index (κ2) is 5.97. The fourth-order valence-corrected chi connectivity index (χ4v) is 1.58. The SMILES string of the molecule is CNCCC(=O)Nc1ccc(-n2cccn2)cc1. The van der Waals surface area contributed by atoms with Crippen LogP contribution in [0.5, 0.6) is 0 Å². The van der Waals surface area contributed by atoms with Gasteiger partial charge in [-0.05, 0) is 37.4 Å². The Morgan fingerprint density at radius 1 is 1.33 bits per heavy atom. The Kier molecular flexibility index (Phi) is 4.09. The zero-order valence-corrected chi connectivity index (χ0v) is 10.3. The molecule has 1 aromatic heterocycles. The molecule has 0 saturated heterocycles. The average Bonchev–Trinajstić information content (AvgIpc) is 2.91. The molecule has 0 bridgehead atoms. The van der Waals surface area contributed by atoms with Gasteiger partial charge in [0.15, 0.2) is 0 Å². The van der Waals surface area contributed by atoms with Gasteiger partial charge in [0.2, 0.25) is 5.91 Å². The number of anilines is 1. The van der Waals surface area contributed by atoms with E-state index in [1.165, 1.54) is 0 Å². The first-order valence-corrected chi connectivity index (χ1v) is 5.84. The molecule has 2 aromatic rings. The van der Waals surface area contributed by atoms with Crippen molar-refractivity contribution in [3.63, 3.8) is 0 Å². The van der Waals surface area contributed by atoms with Crippen LogP contribution < -0.4 is 10.6 Å².